The number of nitrogens with zero attached hydrogens (tertiary/aromatic N) is 2. The number of aromatic amines is 1. The van der Waals surface area contributed by atoms with E-state index in [1.165, 1.54) is 11.9 Å². The lowest BCUT2D eigenvalue weighted by molar-refractivity contribution is -0.124. The zero-order valence-electron chi connectivity index (χ0n) is 10.3. The molecule has 1 aliphatic heterocycles. The number of halogens is 1. The Labute approximate surface area is 114 Å². The Balaban J connectivity index is 1.93. The van der Waals surface area contributed by atoms with Crippen molar-refractivity contribution in [3.63, 3.8) is 0 Å². The number of carbonyl (C=O) groups excluding carboxylic acids is 2. The van der Waals surface area contributed by atoms with E-state index in [0.717, 1.165) is 21.4 Å². The van der Waals surface area contributed by atoms with Crippen molar-refractivity contribution in [3.8, 4) is 0 Å². The maximum atomic E-state index is 11.8. The SMILES string of the molecule is CN1C(=O)CN(Cc2c[nH]c3c(Cl)cccc23)C1=O. The van der Waals surface area contributed by atoms with Gasteiger partial charge in [-0.05, 0) is 11.6 Å². The highest BCUT2D eigenvalue weighted by atomic mass is 35.5. The maximum absolute atomic E-state index is 11.8. The first-order valence-corrected chi connectivity index (χ1v) is 6.25. The van der Waals surface area contributed by atoms with Crippen LogP contribution in [-0.2, 0) is 11.3 Å². The maximum Gasteiger partial charge on any atom is 0.327 e. The summed E-state index contributed by atoms with van der Waals surface area (Å²) >= 11 is 6.09. The summed E-state index contributed by atoms with van der Waals surface area (Å²) in [5, 5.41) is 1.62. The molecule has 1 saturated heterocycles. The van der Waals surface area contributed by atoms with Gasteiger partial charge in [0.1, 0.15) is 6.54 Å². The van der Waals surface area contributed by atoms with E-state index in [-0.39, 0.29) is 18.5 Å². The molecule has 0 unspecified atom stereocenters. The van der Waals surface area contributed by atoms with E-state index in [1.807, 2.05) is 24.4 Å². The van der Waals surface area contributed by atoms with Crippen molar-refractivity contribution in [3.05, 3.63) is 35.0 Å². The second kappa shape index (κ2) is 4.28. The molecule has 0 atom stereocenters. The second-order valence-corrected chi connectivity index (χ2v) is 4.97. The molecule has 6 heteroatoms. The molecule has 2 heterocycles. The summed E-state index contributed by atoms with van der Waals surface area (Å²) < 4.78 is 0. The van der Waals surface area contributed by atoms with E-state index >= 15 is 0 Å². The first kappa shape index (κ1) is 12.0. The minimum atomic E-state index is -0.263. The molecule has 0 saturated carbocycles. The van der Waals surface area contributed by atoms with Crippen molar-refractivity contribution in [1.82, 2.24) is 14.8 Å². The Morgan fingerprint density at radius 1 is 1.37 bits per heavy atom. The highest BCUT2D eigenvalue weighted by Crippen LogP contribution is 2.26. The van der Waals surface area contributed by atoms with Gasteiger partial charge in [0, 0.05) is 18.6 Å². The summed E-state index contributed by atoms with van der Waals surface area (Å²) in [5.74, 6) is -0.178. The average Bonchev–Trinajstić information content (AvgIpc) is 2.90. The van der Waals surface area contributed by atoms with E-state index in [9.17, 15) is 9.59 Å². The molecular formula is C13H12ClN3O2. The van der Waals surface area contributed by atoms with Crippen molar-refractivity contribution in [2.75, 3.05) is 13.6 Å². The van der Waals surface area contributed by atoms with Gasteiger partial charge in [0.05, 0.1) is 17.1 Å². The van der Waals surface area contributed by atoms with Crippen LogP contribution in [0.5, 0.6) is 0 Å². The number of rotatable bonds is 2. The van der Waals surface area contributed by atoms with Crippen LogP contribution in [0, 0.1) is 0 Å². The van der Waals surface area contributed by atoms with Gasteiger partial charge in [-0.25, -0.2) is 4.79 Å². The number of imide groups is 1. The smallest absolute Gasteiger partial charge is 0.327 e. The Bertz CT molecular complexity index is 680. The average molecular weight is 278 g/mol. The molecule has 3 rings (SSSR count). The summed E-state index contributed by atoms with van der Waals surface area (Å²) in [5.41, 5.74) is 1.81. The molecule has 5 nitrogen and oxygen atoms in total. The molecule has 98 valence electrons. The summed E-state index contributed by atoms with van der Waals surface area (Å²) in [4.78, 5) is 29.1. The molecule has 1 aliphatic rings. The summed E-state index contributed by atoms with van der Waals surface area (Å²) in [6.45, 7) is 0.526. The lowest BCUT2D eigenvalue weighted by Crippen LogP contribution is -2.29. The van der Waals surface area contributed by atoms with Crippen LogP contribution < -0.4 is 0 Å². The third-order valence-electron chi connectivity index (χ3n) is 3.37. The van der Waals surface area contributed by atoms with Crippen LogP contribution in [0.2, 0.25) is 5.02 Å². The van der Waals surface area contributed by atoms with Crippen molar-refractivity contribution in [1.29, 1.82) is 0 Å². The van der Waals surface area contributed by atoms with Crippen molar-refractivity contribution in [2.24, 2.45) is 0 Å². The van der Waals surface area contributed by atoms with Crippen LogP contribution in [0.4, 0.5) is 4.79 Å². The highest BCUT2D eigenvalue weighted by molar-refractivity contribution is 6.35. The lowest BCUT2D eigenvalue weighted by atomic mass is 10.1. The number of aromatic nitrogens is 1. The first-order chi connectivity index (χ1) is 9.08. The number of fused-ring (bicyclic) bond motifs is 1. The van der Waals surface area contributed by atoms with E-state index in [2.05, 4.69) is 4.98 Å². The second-order valence-electron chi connectivity index (χ2n) is 4.57. The van der Waals surface area contributed by atoms with Crippen LogP contribution in [0.15, 0.2) is 24.4 Å². The molecule has 1 N–H and O–H groups in total. The number of hydrogen-bond donors (Lipinski definition) is 1. The van der Waals surface area contributed by atoms with Gasteiger partial charge in [0.2, 0.25) is 5.91 Å². The van der Waals surface area contributed by atoms with Crippen LogP contribution in [-0.4, -0.2) is 40.3 Å². The zero-order valence-corrected chi connectivity index (χ0v) is 11.1. The Kier molecular flexibility index (Phi) is 2.71. The van der Waals surface area contributed by atoms with E-state index in [4.69, 9.17) is 11.6 Å². The number of benzene rings is 1. The number of hydrogen-bond acceptors (Lipinski definition) is 2. The van der Waals surface area contributed by atoms with Gasteiger partial charge < -0.3 is 9.88 Å². The first-order valence-electron chi connectivity index (χ1n) is 5.88. The number of urea groups is 1. The molecule has 19 heavy (non-hydrogen) atoms. The van der Waals surface area contributed by atoms with Gasteiger partial charge in [-0.3, -0.25) is 9.69 Å². The van der Waals surface area contributed by atoms with E-state index < -0.39 is 0 Å². The summed E-state index contributed by atoms with van der Waals surface area (Å²) in [6.07, 6.45) is 1.83. The van der Waals surface area contributed by atoms with E-state index in [0.29, 0.717) is 11.6 Å². The fourth-order valence-corrected chi connectivity index (χ4v) is 2.52. The fourth-order valence-electron chi connectivity index (χ4n) is 2.29. The minimum Gasteiger partial charge on any atom is -0.360 e. The van der Waals surface area contributed by atoms with Gasteiger partial charge in [-0.15, -0.1) is 0 Å². The third-order valence-corrected chi connectivity index (χ3v) is 3.68. The molecule has 2 aromatic rings. The number of amides is 3. The molecule has 0 radical (unpaired) electrons. The number of nitrogens with one attached hydrogen (secondary N) is 1. The van der Waals surface area contributed by atoms with Gasteiger partial charge in [0.25, 0.3) is 0 Å². The fraction of sp³-hybridized carbons (Fsp3) is 0.231. The molecular weight excluding hydrogens is 266 g/mol. The van der Waals surface area contributed by atoms with Crippen LogP contribution in [0.1, 0.15) is 5.56 Å². The van der Waals surface area contributed by atoms with Gasteiger partial charge in [0.15, 0.2) is 0 Å². The third kappa shape index (κ3) is 1.86. The van der Waals surface area contributed by atoms with Crippen molar-refractivity contribution in [2.45, 2.75) is 6.54 Å². The van der Waals surface area contributed by atoms with Crippen molar-refractivity contribution < 1.29 is 9.59 Å². The topological polar surface area (TPSA) is 56.4 Å². The molecule has 0 spiro atoms. The quantitative estimate of drug-likeness (QED) is 0.856. The number of carbonyl (C=O) groups is 2. The monoisotopic (exact) mass is 277 g/mol. The largest absolute Gasteiger partial charge is 0.360 e. The van der Waals surface area contributed by atoms with Crippen LogP contribution >= 0.6 is 11.6 Å². The molecule has 3 amide bonds. The van der Waals surface area contributed by atoms with Gasteiger partial charge >= 0.3 is 6.03 Å². The standard InChI is InChI=1S/C13H12ClN3O2/c1-16-11(18)7-17(13(16)19)6-8-5-15-12-9(8)3-2-4-10(12)14/h2-5,15H,6-7H2,1H3. The summed E-state index contributed by atoms with van der Waals surface area (Å²) in [7, 11) is 1.50. The van der Waals surface area contributed by atoms with E-state index in [1.54, 1.807) is 0 Å². The van der Waals surface area contributed by atoms with Crippen molar-refractivity contribution >= 4 is 34.4 Å². The molecule has 1 fully saturated rings. The normalized spacial score (nSPS) is 15.9. The van der Waals surface area contributed by atoms with Gasteiger partial charge in [-0.1, -0.05) is 23.7 Å². The number of likely N-dealkylation sites (N-methyl/N-ethyl adjacent to an activating group) is 1. The van der Waals surface area contributed by atoms with Crippen LogP contribution in [0.25, 0.3) is 10.9 Å². The Hall–Kier alpha value is -2.01. The Morgan fingerprint density at radius 3 is 2.84 bits per heavy atom. The van der Waals surface area contributed by atoms with Gasteiger partial charge in [-0.2, -0.15) is 0 Å². The number of H-pyrrole nitrogens is 1. The molecule has 1 aromatic heterocycles. The molecule has 0 bridgehead atoms. The molecule has 1 aromatic carbocycles. The van der Waals surface area contributed by atoms with Crippen LogP contribution in [0.3, 0.4) is 0 Å². The zero-order chi connectivity index (χ0) is 13.6. The predicted octanol–water partition coefficient (Wildman–Crippen LogP) is 2.22. The number of para-hydroxylation sites is 1. The summed E-state index contributed by atoms with van der Waals surface area (Å²) in [6, 6.07) is 5.36. The highest BCUT2D eigenvalue weighted by Gasteiger charge is 2.33. The molecule has 0 aliphatic carbocycles. The minimum absolute atomic E-state index is 0.128. The predicted molar refractivity (Wildman–Crippen MR) is 71.9 cm³/mol. The lowest BCUT2D eigenvalue weighted by Gasteiger charge is -2.13. The Morgan fingerprint density at radius 2 is 2.16 bits per heavy atom.